The van der Waals surface area contributed by atoms with Crippen LogP contribution in [0.4, 0.5) is 5.69 Å². The first-order valence-corrected chi connectivity index (χ1v) is 6.63. The summed E-state index contributed by atoms with van der Waals surface area (Å²) in [6.45, 7) is 1.62. The molecule has 1 aromatic carbocycles. The molecule has 8 heteroatoms. The molecule has 0 amide bonds. The molecule has 2 rings (SSSR count). The minimum absolute atomic E-state index is 0.0106. The molecule has 1 aromatic rings. The summed E-state index contributed by atoms with van der Waals surface area (Å²) < 4.78 is 25.2. The zero-order valence-corrected chi connectivity index (χ0v) is 10.4. The van der Waals surface area contributed by atoms with Gasteiger partial charge in [-0.2, -0.15) is 4.31 Å². The molecule has 1 aliphatic heterocycles. The summed E-state index contributed by atoms with van der Waals surface area (Å²) >= 11 is 0. The fourth-order valence-corrected chi connectivity index (χ4v) is 3.45. The number of rotatable bonds is 3. The summed E-state index contributed by atoms with van der Waals surface area (Å²) in [5, 5.41) is 20.0. The number of nitrogens with zero attached hydrogens (tertiary/aromatic N) is 2. The Morgan fingerprint density at radius 3 is 2.22 bits per heavy atom. The molecule has 0 aliphatic carbocycles. The Bertz CT molecular complexity index is 571. The first kappa shape index (κ1) is 12.9. The molecule has 0 spiro atoms. The van der Waals surface area contributed by atoms with Gasteiger partial charge in [-0.05, 0) is 19.1 Å². The van der Waals surface area contributed by atoms with Crippen LogP contribution in [0.5, 0.6) is 0 Å². The lowest BCUT2D eigenvalue weighted by Gasteiger charge is -2.42. The number of nitro groups is 1. The van der Waals surface area contributed by atoms with Gasteiger partial charge in [0.1, 0.15) is 0 Å². The van der Waals surface area contributed by atoms with Crippen LogP contribution in [0.15, 0.2) is 29.2 Å². The maximum absolute atomic E-state index is 12.0. The third-order valence-electron chi connectivity index (χ3n) is 2.72. The second kappa shape index (κ2) is 4.01. The molecule has 1 heterocycles. The van der Waals surface area contributed by atoms with Crippen molar-refractivity contribution in [3.63, 3.8) is 0 Å². The van der Waals surface area contributed by atoms with Gasteiger partial charge in [0.05, 0.1) is 15.4 Å². The summed E-state index contributed by atoms with van der Waals surface area (Å²) in [6, 6.07) is 4.68. The van der Waals surface area contributed by atoms with Gasteiger partial charge < -0.3 is 5.11 Å². The van der Waals surface area contributed by atoms with Crippen molar-refractivity contribution in [3.8, 4) is 0 Å². The van der Waals surface area contributed by atoms with E-state index in [-0.39, 0.29) is 23.7 Å². The van der Waals surface area contributed by atoms with Crippen LogP contribution < -0.4 is 0 Å². The normalized spacial score (nSPS) is 19.2. The van der Waals surface area contributed by atoms with Crippen LogP contribution in [0.3, 0.4) is 0 Å². The van der Waals surface area contributed by atoms with Gasteiger partial charge in [0.2, 0.25) is 10.0 Å². The highest BCUT2D eigenvalue weighted by atomic mass is 32.2. The monoisotopic (exact) mass is 272 g/mol. The van der Waals surface area contributed by atoms with E-state index in [9.17, 15) is 23.6 Å². The van der Waals surface area contributed by atoms with E-state index in [1.807, 2.05) is 0 Å². The molecule has 1 N–H and O–H groups in total. The summed E-state index contributed by atoms with van der Waals surface area (Å²) in [5.74, 6) is 0. The van der Waals surface area contributed by atoms with Crippen molar-refractivity contribution in [3.05, 3.63) is 34.4 Å². The minimum atomic E-state index is -3.67. The molecule has 1 aliphatic rings. The van der Waals surface area contributed by atoms with E-state index in [4.69, 9.17) is 0 Å². The van der Waals surface area contributed by atoms with E-state index in [0.29, 0.717) is 0 Å². The van der Waals surface area contributed by atoms with Crippen LogP contribution in [0.1, 0.15) is 6.92 Å². The Morgan fingerprint density at radius 2 is 1.83 bits per heavy atom. The van der Waals surface area contributed by atoms with Crippen molar-refractivity contribution in [1.82, 2.24) is 4.31 Å². The number of hydrogen-bond acceptors (Lipinski definition) is 5. The van der Waals surface area contributed by atoms with Crippen LogP contribution in [-0.4, -0.2) is 41.4 Å². The van der Waals surface area contributed by atoms with Gasteiger partial charge >= 0.3 is 0 Å². The van der Waals surface area contributed by atoms with E-state index in [1.165, 1.54) is 12.1 Å². The molecule has 0 radical (unpaired) electrons. The largest absolute Gasteiger partial charge is 0.387 e. The standard InChI is InChI=1S/C10H12N2O5S/c1-10(13)6-11(7-10)18(16,17)9-4-2-8(3-5-9)12(14)15/h2-5,13H,6-7H2,1H3. The van der Waals surface area contributed by atoms with Gasteiger partial charge in [-0.1, -0.05) is 0 Å². The first-order valence-electron chi connectivity index (χ1n) is 5.19. The fourth-order valence-electron chi connectivity index (χ4n) is 1.77. The van der Waals surface area contributed by atoms with Gasteiger partial charge in [-0.3, -0.25) is 10.1 Å². The fraction of sp³-hybridized carbons (Fsp3) is 0.400. The average molecular weight is 272 g/mol. The number of hydrogen-bond donors (Lipinski definition) is 1. The third-order valence-corrected chi connectivity index (χ3v) is 4.53. The summed E-state index contributed by atoms with van der Waals surface area (Å²) in [5.41, 5.74) is -1.15. The number of non-ortho nitro benzene ring substituents is 1. The second-order valence-electron chi connectivity index (χ2n) is 4.52. The molecule has 1 fully saturated rings. The van der Waals surface area contributed by atoms with Crippen molar-refractivity contribution in [1.29, 1.82) is 0 Å². The Labute approximate surface area is 104 Å². The van der Waals surface area contributed by atoms with Crippen LogP contribution in [0.2, 0.25) is 0 Å². The quantitative estimate of drug-likeness (QED) is 0.632. The van der Waals surface area contributed by atoms with Crippen LogP contribution in [0, 0.1) is 10.1 Å². The van der Waals surface area contributed by atoms with E-state index >= 15 is 0 Å². The van der Waals surface area contributed by atoms with Gasteiger partial charge in [0, 0.05) is 25.2 Å². The molecule has 98 valence electrons. The van der Waals surface area contributed by atoms with Crippen molar-refractivity contribution < 1.29 is 18.4 Å². The molecule has 0 saturated carbocycles. The number of β-amino-alcohol motifs (C(OH)–C–C–N with tert-alkyl or cyclic N) is 1. The molecule has 0 bridgehead atoms. The average Bonchev–Trinajstić information content (AvgIpc) is 2.26. The number of benzene rings is 1. The van der Waals surface area contributed by atoms with E-state index < -0.39 is 20.5 Å². The highest BCUT2D eigenvalue weighted by Gasteiger charge is 2.43. The van der Waals surface area contributed by atoms with Gasteiger partial charge in [-0.15, -0.1) is 0 Å². The number of sulfonamides is 1. The van der Waals surface area contributed by atoms with E-state index in [2.05, 4.69) is 0 Å². The highest BCUT2D eigenvalue weighted by molar-refractivity contribution is 7.89. The van der Waals surface area contributed by atoms with Crippen molar-refractivity contribution in [2.75, 3.05) is 13.1 Å². The summed E-state index contributed by atoms with van der Waals surface area (Å²) in [4.78, 5) is 9.86. The van der Waals surface area contributed by atoms with Crippen LogP contribution in [-0.2, 0) is 10.0 Å². The Hall–Kier alpha value is -1.51. The maximum atomic E-state index is 12.0. The van der Waals surface area contributed by atoms with Crippen molar-refractivity contribution >= 4 is 15.7 Å². The minimum Gasteiger partial charge on any atom is -0.387 e. The van der Waals surface area contributed by atoms with Crippen molar-refractivity contribution in [2.45, 2.75) is 17.4 Å². The summed E-state index contributed by atoms with van der Waals surface area (Å²) in [6.07, 6.45) is 0. The van der Waals surface area contributed by atoms with Crippen LogP contribution in [0.25, 0.3) is 0 Å². The number of aliphatic hydroxyl groups is 1. The van der Waals surface area contributed by atoms with E-state index in [0.717, 1.165) is 16.4 Å². The SMILES string of the molecule is CC1(O)CN(S(=O)(=O)c2ccc([N+](=O)[O-])cc2)C1. The van der Waals surface area contributed by atoms with E-state index in [1.54, 1.807) is 6.92 Å². The molecule has 18 heavy (non-hydrogen) atoms. The molecule has 0 unspecified atom stereocenters. The number of nitro benzene ring substituents is 1. The Kier molecular flexibility index (Phi) is 2.88. The molecule has 1 saturated heterocycles. The Morgan fingerprint density at radius 1 is 1.33 bits per heavy atom. The molecular formula is C10H12N2O5S. The van der Waals surface area contributed by atoms with Gasteiger partial charge in [0.25, 0.3) is 5.69 Å². The smallest absolute Gasteiger partial charge is 0.269 e. The first-order chi connectivity index (χ1) is 8.22. The molecular weight excluding hydrogens is 260 g/mol. The summed E-state index contributed by atoms with van der Waals surface area (Å²) in [7, 11) is -3.67. The predicted molar refractivity (Wildman–Crippen MR) is 62.5 cm³/mol. The molecule has 0 atom stereocenters. The lowest BCUT2D eigenvalue weighted by Crippen LogP contribution is -2.61. The Balaban J connectivity index is 2.23. The second-order valence-corrected chi connectivity index (χ2v) is 6.46. The maximum Gasteiger partial charge on any atom is 0.269 e. The lowest BCUT2D eigenvalue weighted by atomic mass is 10.0. The topological polar surface area (TPSA) is 101 Å². The molecule has 0 aromatic heterocycles. The molecule has 7 nitrogen and oxygen atoms in total. The zero-order chi connectivity index (χ0) is 13.6. The van der Waals surface area contributed by atoms with Gasteiger partial charge in [-0.25, -0.2) is 8.42 Å². The van der Waals surface area contributed by atoms with Crippen LogP contribution >= 0.6 is 0 Å². The highest BCUT2D eigenvalue weighted by Crippen LogP contribution is 2.28. The predicted octanol–water partition coefficient (Wildman–Crippen LogP) is 0.350. The zero-order valence-electron chi connectivity index (χ0n) is 9.61. The van der Waals surface area contributed by atoms with Crippen molar-refractivity contribution in [2.24, 2.45) is 0 Å². The van der Waals surface area contributed by atoms with Gasteiger partial charge in [0.15, 0.2) is 0 Å². The lowest BCUT2D eigenvalue weighted by molar-refractivity contribution is -0.384. The third kappa shape index (κ3) is 2.22.